The zero-order chi connectivity index (χ0) is 16.2. The molecule has 0 radical (unpaired) electrons. The van der Waals surface area contributed by atoms with Crippen LogP contribution < -0.4 is 15.2 Å². The number of pyridine rings is 1. The summed E-state index contributed by atoms with van der Waals surface area (Å²) in [7, 11) is -2.14. The molecule has 1 aliphatic rings. The summed E-state index contributed by atoms with van der Waals surface area (Å²) in [6.45, 7) is 0.867. The van der Waals surface area contributed by atoms with Gasteiger partial charge in [0.15, 0.2) is 0 Å². The number of rotatable bonds is 5. The van der Waals surface area contributed by atoms with Crippen molar-refractivity contribution in [1.29, 1.82) is 0 Å². The lowest BCUT2D eigenvalue weighted by atomic mass is 9.97. The minimum absolute atomic E-state index is 0.0972. The van der Waals surface area contributed by atoms with E-state index in [9.17, 15) is 13.2 Å². The standard InChI is InChI=1S/C13H20N4O4S/c1-21-13-11(3-2-6-15-13)9-16-12(18)10-4-7-17(8-5-10)22(14,19)20/h2-3,6,10H,4-5,7-9H2,1H3,(H,16,18)(H2,14,19,20). The average molecular weight is 328 g/mol. The first-order chi connectivity index (χ1) is 10.4. The largest absolute Gasteiger partial charge is 0.481 e. The monoisotopic (exact) mass is 328 g/mol. The highest BCUT2D eigenvalue weighted by Crippen LogP contribution is 2.19. The molecule has 9 heteroatoms. The van der Waals surface area contributed by atoms with Crippen LogP contribution in [-0.4, -0.2) is 43.8 Å². The van der Waals surface area contributed by atoms with E-state index < -0.39 is 10.2 Å². The van der Waals surface area contributed by atoms with Crippen LogP contribution in [0.15, 0.2) is 18.3 Å². The number of hydrogen-bond donors (Lipinski definition) is 2. The molecule has 0 saturated carbocycles. The molecule has 8 nitrogen and oxygen atoms in total. The quantitative estimate of drug-likeness (QED) is 0.765. The van der Waals surface area contributed by atoms with Gasteiger partial charge in [-0.3, -0.25) is 4.79 Å². The van der Waals surface area contributed by atoms with Crippen molar-refractivity contribution >= 4 is 16.1 Å². The van der Waals surface area contributed by atoms with Crippen LogP contribution in [0.25, 0.3) is 0 Å². The lowest BCUT2D eigenvalue weighted by molar-refractivity contribution is -0.126. The molecule has 0 aliphatic carbocycles. The summed E-state index contributed by atoms with van der Waals surface area (Å²) in [6, 6.07) is 3.60. The summed E-state index contributed by atoms with van der Waals surface area (Å²) in [4.78, 5) is 16.2. The molecule has 1 aromatic heterocycles. The van der Waals surface area contributed by atoms with Crippen LogP contribution in [0.3, 0.4) is 0 Å². The molecule has 122 valence electrons. The van der Waals surface area contributed by atoms with Gasteiger partial charge in [-0.05, 0) is 18.9 Å². The molecule has 0 unspecified atom stereocenters. The highest BCUT2D eigenvalue weighted by molar-refractivity contribution is 7.86. The number of methoxy groups -OCH3 is 1. The number of amides is 1. The van der Waals surface area contributed by atoms with Crippen LogP contribution in [0, 0.1) is 5.92 Å². The number of nitrogens with two attached hydrogens (primary N) is 1. The summed E-state index contributed by atoms with van der Waals surface area (Å²) >= 11 is 0. The van der Waals surface area contributed by atoms with E-state index in [2.05, 4.69) is 10.3 Å². The van der Waals surface area contributed by atoms with Crippen molar-refractivity contribution < 1.29 is 17.9 Å². The van der Waals surface area contributed by atoms with Gasteiger partial charge in [-0.1, -0.05) is 6.07 Å². The predicted molar refractivity (Wildman–Crippen MR) is 80.0 cm³/mol. The minimum atomic E-state index is -3.66. The van der Waals surface area contributed by atoms with Crippen molar-refractivity contribution in [2.45, 2.75) is 19.4 Å². The number of ether oxygens (including phenoxy) is 1. The Morgan fingerprint density at radius 3 is 2.77 bits per heavy atom. The van der Waals surface area contributed by atoms with E-state index in [0.29, 0.717) is 25.3 Å². The third kappa shape index (κ3) is 4.15. The maximum Gasteiger partial charge on any atom is 0.276 e. The van der Waals surface area contributed by atoms with Gasteiger partial charge >= 0.3 is 0 Å². The fourth-order valence-electron chi connectivity index (χ4n) is 2.44. The predicted octanol–water partition coefficient (Wildman–Crippen LogP) is -0.378. The number of carbonyl (C=O) groups is 1. The molecule has 0 bridgehead atoms. The van der Waals surface area contributed by atoms with Gasteiger partial charge in [-0.15, -0.1) is 0 Å². The molecule has 3 N–H and O–H groups in total. The Morgan fingerprint density at radius 2 is 2.18 bits per heavy atom. The van der Waals surface area contributed by atoms with Crippen LogP contribution in [0.5, 0.6) is 5.88 Å². The van der Waals surface area contributed by atoms with Gasteiger partial charge in [-0.25, -0.2) is 10.1 Å². The maximum atomic E-state index is 12.2. The van der Waals surface area contributed by atoms with Crippen molar-refractivity contribution in [3.05, 3.63) is 23.9 Å². The van der Waals surface area contributed by atoms with Crippen molar-refractivity contribution in [1.82, 2.24) is 14.6 Å². The van der Waals surface area contributed by atoms with Gasteiger partial charge in [0.05, 0.1) is 7.11 Å². The number of nitrogens with one attached hydrogen (secondary N) is 1. The van der Waals surface area contributed by atoms with Crippen molar-refractivity contribution in [2.75, 3.05) is 20.2 Å². The van der Waals surface area contributed by atoms with E-state index >= 15 is 0 Å². The first kappa shape index (κ1) is 16.7. The Morgan fingerprint density at radius 1 is 1.50 bits per heavy atom. The fourth-order valence-corrected chi connectivity index (χ4v) is 3.16. The summed E-state index contributed by atoms with van der Waals surface area (Å²) < 4.78 is 28.8. The van der Waals surface area contributed by atoms with E-state index in [-0.39, 0.29) is 24.9 Å². The molecule has 1 fully saturated rings. The zero-order valence-corrected chi connectivity index (χ0v) is 13.2. The third-order valence-electron chi connectivity index (χ3n) is 3.68. The second-order valence-corrected chi connectivity index (χ2v) is 6.65. The summed E-state index contributed by atoms with van der Waals surface area (Å²) in [5.74, 6) is 0.174. The Labute approximate surface area is 129 Å². The molecule has 1 aromatic rings. The van der Waals surface area contributed by atoms with Crippen LogP contribution in [-0.2, 0) is 21.5 Å². The summed E-state index contributed by atoms with van der Waals surface area (Å²) in [5.41, 5.74) is 0.792. The topological polar surface area (TPSA) is 115 Å². The van der Waals surface area contributed by atoms with Gasteiger partial charge in [-0.2, -0.15) is 12.7 Å². The molecule has 1 saturated heterocycles. The van der Waals surface area contributed by atoms with Gasteiger partial charge in [0.25, 0.3) is 10.2 Å². The lowest BCUT2D eigenvalue weighted by Gasteiger charge is -2.29. The molecule has 2 heterocycles. The number of nitrogens with zero attached hydrogens (tertiary/aromatic N) is 2. The smallest absolute Gasteiger partial charge is 0.276 e. The van der Waals surface area contributed by atoms with Gasteiger partial charge in [0.1, 0.15) is 0 Å². The van der Waals surface area contributed by atoms with E-state index in [0.717, 1.165) is 5.56 Å². The number of aromatic nitrogens is 1. The number of carbonyl (C=O) groups excluding carboxylic acids is 1. The van der Waals surface area contributed by atoms with Gasteiger partial charge in [0, 0.05) is 37.3 Å². The number of piperidine rings is 1. The summed E-state index contributed by atoms with van der Waals surface area (Å²) in [5, 5.41) is 7.91. The second kappa shape index (κ2) is 7.03. The molecule has 1 amide bonds. The Hall–Kier alpha value is -1.71. The Balaban J connectivity index is 1.86. The third-order valence-corrected chi connectivity index (χ3v) is 4.77. The highest BCUT2D eigenvalue weighted by Gasteiger charge is 2.29. The highest BCUT2D eigenvalue weighted by atomic mass is 32.2. The molecular formula is C13H20N4O4S. The van der Waals surface area contributed by atoms with E-state index in [1.54, 1.807) is 12.3 Å². The molecule has 1 aliphatic heterocycles. The lowest BCUT2D eigenvalue weighted by Crippen LogP contribution is -2.45. The van der Waals surface area contributed by atoms with E-state index in [4.69, 9.17) is 9.88 Å². The average Bonchev–Trinajstić information content (AvgIpc) is 2.52. The van der Waals surface area contributed by atoms with Crippen molar-refractivity contribution in [2.24, 2.45) is 11.1 Å². The Kier molecular flexibility index (Phi) is 5.33. The molecule has 0 spiro atoms. The van der Waals surface area contributed by atoms with Crippen molar-refractivity contribution in [3.63, 3.8) is 0 Å². The van der Waals surface area contributed by atoms with Gasteiger partial charge in [0.2, 0.25) is 11.8 Å². The molecule has 22 heavy (non-hydrogen) atoms. The molecular weight excluding hydrogens is 308 g/mol. The number of hydrogen-bond acceptors (Lipinski definition) is 5. The van der Waals surface area contributed by atoms with Crippen LogP contribution >= 0.6 is 0 Å². The van der Waals surface area contributed by atoms with Crippen LogP contribution in [0.4, 0.5) is 0 Å². The first-order valence-electron chi connectivity index (χ1n) is 6.95. The minimum Gasteiger partial charge on any atom is -0.481 e. The Bertz CT molecular complexity index is 627. The van der Waals surface area contributed by atoms with E-state index in [1.807, 2.05) is 6.07 Å². The summed E-state index contributed by atoms with van der Waals surface area (Å²) in [6.07, 6.45) is 2.55. The van der Waals surface area contributed by atoms with Crippen LogP contribution in [0.1, 0.15) is 18.4 Å². The first-order valence-corrected chi connectivity index (χ1v) is 8.45. The second-order valence-electron chi connectivity index (χ2n) is 5.11. The van der Waals surface area contributed by atoms with Crippen molar-refractivity contribution in [3.8, 4) is 5.88 Å². The maximum absolute atomic E-state index is 12.2. The molecule has 0 aromatic carbocycles. The van der Waals surface area contributed by atoms with E-state index in [1.165, 1.54) is 11.4 Å². The fraction of sp³-hybridized carbons (Fsp3) is 0.538. The zero-order valence-electron chi connectivity index (χ0n) is 12.4. The normalized spacial score (nSPS) is 17.2. The van der Waals surface area contributed by atoms with Gasteiger partial charge < -0.3 is 10.1 Å². The SMILES string of the molecule is COc1ncccc1CNC(=O)C1CCN(S(N)(=O)=O)CC1. The van der Waals surface area contributed by atoms with Crippen LogP contribution in [0.2, 0.25) is 0 Å². The molecule has 0 atom stereocenters. The molecule has 2 rings (SSSR count).